The van der Waals surface area contributed by atoms with Crippen LogP contribution in [-0.4, -0.2) is 32.9 Å². The van der Waals surface area contributed by atoms with Gasteiger partial charge < -0.3 is 18.9 Å². The van der Waals surface area contributed by atoms with E-state index in [1.54, 1.807) is 14.0 Å². The summed E-state index contributed by atoms with van der Waals surface area (Å²) in [7, 11) is 1.58. The molecule has 0 bridgehead atoms. The van der Waals surface area contributed by atoms with Crippen LogP contribution in [-0.2, 0) is 14.9 Å². The highest BCUT2D eigenvalue weighted by Gasteiger charge is 2.43. The Hall–Kier alpha value is -2.42. The lowest BCUT2D eigenvalue weighted by atomic mass is 9.67. The van der Waals surface area contributed by atoms with E-state index in [1.807, 2.05) is 12.1 Å². The van der Waals surface area contributed by atoms with Gasteiger partial charge in [0, 0.05) is 5.56 Å². The molecule has 1 heterocycles. The van der Waals surface area contributed by atoms with E-state index in [2.05, 4.69) is 6.07 Å². The molecule has 1 fully saturated rings. The summed E-state index contributed by atoms with van der Waals surface area (Å²) >= 11 is 0. The van der Waals surface area contributed by atoms with Gasteiger partial charge in [0.15, 0.2) is 11.5 Å². The molecule has 0 aromatic heterocycles. The van der Waals surface area contributed by atoms with Gasteiger partial charge in [-0.3, -0.25) is 4.79 Å². The maximum atomic E-state index is 12.0. The first kappa shape index (κ1) is 17.4. The summed E-state index contributed by atoms with van der Waals surface area (Å²) in [6.07, 6.45) is 2.45. The quantitative estimate of drug-likeness (QED) is 0.781. The Kier molecular flexibility index (Phi) is 5.03. The highest BCUT2D eigenvalue weighted by Crippen LogP contribution is 2.51. The van der Waals surface area contributed by atoms with Gasteiger partial charge in [0.2, 0.25) is 5.75 Å². The standard InChI is InChI=1S/C19H23NO5/c1-3-23-18(21)13-6-8-19(12-20,9-7-13)14-4-5-15(22-2)17-16(14)24-10-11-25-17/h4-5,13H,3,6-11H2,1-2H3/t13-,19+. The Balaban J connectivity index is 1.90. The minimum atomic E-state index is -0.681. The summed E-state index contributed by atoms with van der Waals surface area (Å²) < 4.78 is 22.0. The SMILES string of the molecule is CCOC(=O)[C@H]1CC[C@@](C#N)(c2ccc(OC)c3c2OCCO3)CC1. The van der Waals surface area contributed by atoms with Gasteiger partial charge >= 0.3 is 5.97 Å². The van der Waals surface area contributed by atoms with E-state index in [0.29, 0.717) is 62.8 Å². The van der Waals surface area contributed by atoms with Crippen molar-refractivity contribution in [1.82, 2.24) is 0 Å². The summed E-state index contributed by atoms with van der Waals surface area (Å²) in [6, 6.07) is 6.19. The lowest BCUT2D eigenvalue weighted by molar-refractivity contribution is -0.149. The fraction of sp³-hybridized carbons (Fsp3) is 0.579. The maximum absolute atomic E-state index is 12.0. The first-order chi connectivity index (χ1) is 12.1. The molecule has 134 valence electrons. The molecule has 2 aliphatic rings. The number of esters is 1. The van der Waals surface area contributed by atoms with Gasteiger partial charge in [-0.2, -0.15) is 5.26 Å². The van der Waals surface area contributed by atoms with Crippen molar-refractivity contribution in [3.8, 4) is 23.3 Å². The molecule has 1 saturated carbocycles. The number of fused-ring (bicyclic) bond motifs is 1. The fourth-order valence-electron chi connectivity index (χ4n) is 3.70. The summed E-state index contributed by atoms with van der Waals surface area (Å²) in [5.41, 5.74) is 0.146. The molecule has 0 atom stereocenters. The highest BCUT2D eigenvalue weighted by molar-refractivity contribution is 5.72. The third-order valence-electron chi connectivity index (χ3n) is 5.06. The van der Waals surface area contributed by atoms with E-state index in [1.165, 1.54) is 0 Å². The van der Waals surface area contributed by atoms with Crippen LogP contribution in [0, 0.1) is 17.2 Å². The molecule has 0 saturated heterocycles. The lowest BCUT2D eigenvalue weighted by Gasteiger charge is -2.36. The van der Waals surface area contributed by atoms with Crippen molar-refractivity contribution in [1.29, 1.82) is 5.26 Å². The molecule has 6 nitrogen and oxygen atoms in total. The Morgan fingerprint density at radius 1 is 1.28 bits per heavy atom. The Morgan fingerprint density at radius 2 is 1.96 bits per heavy atom. The van der Waals surface area contributed by atoms with Gasteiger partial charge in [-0.25, -0.2) is 0 Å². The van der Waals surface area contributed by atoms with Crippen LogP contribution in [0.15, 0.2) is 12.1 Å². The van der Waals surface area contributed by atoms with Crippen LogP contribution >= 0.6 is 0 Å². The van der Waals surface area contributed by atoms with Crippen LogP contribution in [0.4, 0.5) is 0 Å². The number of hydrogen-bond donors (Lipinski definition) is 0. The highest BCUT2D eigenvalue weighted by atomic mass is 16.6. The number of benzene rings is 1. The predicted octanol–water partition coefficient (Wildman–Crippen LogP) is 2.98. The largest absolute Gasteiger partial charge is 0.493 e. The van der Waals surface area contributed by atoms with Crippen molar-refractivity contribution in [2.75, 3.05) is 26.9 Å². The molecule has 1 aromatic rings. The number of nitrogens with zero attached hydrogens (tertiary/aromatic N) is 1. The smallest absolute Gasteiger partial charge is 0.308 e. The number of nitriles is 1. The normalized spacial score (nSPS) is 24.9. The number of carbonyl (C=O) groups is 1. The summed E-state index contributed by atoms with van der Waals surface area (Å²) in [5, 5.41) is 9.96. The van der Waals surface area contributed by atoms with Crippen molar-refractivity contribution >= 4 is 5.97 Å². The average molecular weight is 345 g/mol. The molecule has 0 radical (unpaired) electrons. The molecule has 1 aliphatic heterocycles. The molecule has 25 heavy (non-hydrogen) atoms. The van der Waals surface area contributed by atoms with Gasteiger partial charge in [-0.1, -0.05) is 0 Å². The van der Waals surface area contributed by atoms with Crippen molar-refractivity contribution in [2.24, 2.45) is 5.92 Å². The molecule has 0 N–H and O–H groups in total. The van der Waals surface area contributed by atoms with E-state index in [4.69, 9.17) is 18.9 Å². The fourth-order valence-corrected chi connectivity index (χ4v) is 3.70. The first-order valence-electron chi connectivity index (χ1n) is 8.70. The number of rotatable bonds is 4. The zero-order valence-electron chi connectivity index (χ0n) is 14.7. The van der Waals surface area contributed by atoms with Crippen molar-refractivity contribution in [3.63, 3.8) is 0 Å². The van der Waals surface area contributed by atoms with Crippen LogP contribution in [0.25, 0.3) is 0 Å². The molecule has 0 spiro atoms. The van der Waals surface area contributed by atoms with Gasteiger partial charge in [0.05, 0.1) is 31.1 Å². The number of methoxy groups -OCH3 is 1. The third kappa shape index (κ3) is 3.11. The van der Waals surface area contributed by atoms with Crippen LogP contribution in [0.1, 0.15) is 38.2 Å². The minimum absolute atomic E-state index is 0.132. The topological polar surface area (TPSA) is 77.8 Å². The summed E-state index contributed by atoms with van der Waals surface area (Å²) in [4.78, 5) is 12.0. The van der Waals surface area contributed by atoms with Crippen molar-refractivity contribution in [2.45, 2.75) is 38.0 Å². The molecule has 0 unspecified atom stereocenters. The van der Waals surface area contributed by atoms with Crippen LogP contribution in [0.2, 0.25) is 0 Å². The zero-order chi connectivity index (χ0) is 17.9. The second-order valence-electron chi connectivity index (χ2n) is 6.39. The van der Waals surface area contributed by atoms with Crippen molar-refractivity contribution < 1.29 is 23.7 Å². The van der Waals surface area contributed by atoms with Gasteiger partial charge in [0.1, 0.15) is 13.2 Å². The Bertz CT molecular complexity index is 686. The van der Waals surface area contributed by atoms with E-state index in [9.17, 15) is 10.1 Å². The molecule has 1 aliphatic carbocycles. The Labute approximate surface area is 147 Å². The first-order valence-corrected chi connectivity index (χ1v) is 8.70. The lowest BCUT2D eigenvalue weighted by Crippen LogP contribution is -2.34. The van der Waals surface area contributed by atoms with Gasteiger partial charge in [-0.05, 0) is 44.7 Å². The summed E-state index contributed by atoms with van der Waals surface area (Å²) in [6.45, 7) is 3.09. The number of ether oxygens (including phenoxy) is 4. The monoisotopic (exact) mass is 345 g/mol. The molecule has 6 heteroatoms. The molecule has 0 amide bonds. The van der Waals surface area contributed by atoms with E-state index < -0.39 is 5.41 Å². The molecular weight excluding hydrogens is 322 g/mol. The van der Waals surface area contributed by atoms with E-state index in [-0.39, 0.29) is 11.9 Å². The van der Waals surface area contributed by atoms with E-state index in [0.717, 1.165) is 5.56 Å². The molecule has 1 aromatic carbocycles. The maximum Gasteiger partial charge on any atom is 0.308 e. The van der Waals surface area contributed by atoms with Crippen LogP contribution in [0.3, 0.4) is 0 Å². The Morgan fingerprint density at radius 3 is 2.56 bits per heavy atom. The second-order valence-corrected chi connectivity index (χ2v) is 6.39. The van der Waals surface area contributed by atoms with E-state index >= 15 is 0 Å². The average Bonchev–Trinajstić information content (AvgIpc) is 2.67. The number of hydrogen-bond acceptors (Lipinski definition) is 6. The second kappa shape index (κ2) is 7.22. The predicted molar refractivity (Wildman–Crippen MR) is 89.9 cm³/mol. The molecular formula is C19H23NO5. The van der Waals surface area contributed by atoms with Crippen molar-refractivity contribution in [3.05, 3.63) is 17.7 Å². The van der Waals surface area contributed by atoms with Crippen LogP contribution < -0.4 is 14.2 Å². The molecule has 3 rings (SSSR count). The third-order valence-corrected chi connectivity index (χ3v) is 5.06. The zero-order valence-corrected chi connectivity index (χ0v) is 14.7. The van der Waals surface area contributed by atoms with Gasteiger partial charge in [-0.15, -0.1) is 0 Å². The minimum Gasteiger partial charge on any atom is -0.493 e. The van der Waals surface area contributed by atoms with Crippen LogP contribution in [0.5, 0.6) is 17.2 Å². The van der Waals surface area contributed by atoms with Gasteiger partial charge in [0.25, 0.3) is 0 Å². The number of carbonyl (C=O) groups excluding carboxylic acids is 1. The summed E-state index contributed by atoms with van der Waals surface area (Å²) in [5.74, 6) is 1.47.